The number of ether oxygens (including phenoxy) is 3. The molecule has 0 aliphatic carbocycles. The fourth-order valence-electron chi connectivity index (χ4n) is 6.96. The van der Waals surface area contributed by atoms with E-state index in [1.54, 1.807) is 24.3 Å². The minimum absolute atomic E-state index is 0.0112. The van der Waals surface area contributed by atoms with E-state index in [2.05, 4.69) is 33.6 Å². The molecule has 0 radical (unpaired) electrons. The van der Waals surface area contributed by atoms with Crippen LogP contribution in [0.15, 0.2) is 83.1 Å². The number of esters is 1. The Hall–Kier alpha value is -4.76. The van der Waals surface area contributed by atoms with Crippen LogP contribution in [0.25, 0.3) is 0 Å². The fourth-order valence-corrected chi connectivity index (χ4v) is 9.37. The van der Waals surface area contributed by atoms with E-state index < -0.39 is 33.8 Å². The second-order valence-electron chi connectivity index (χ2n) is 12.6. The lowest BCUT2D eigenvalue weighted by Crippen LogP contribution is -2.47. The van der Waals surface area contributed by atoms with Crippen LogP contribution in [0.1, 0.15) is 73.4 Å². The molecule has 0 saturated carbocycles. The van der Waals surface area contributed by atoms with E-state index in [0.29, 0.717) is 41.3 Å². The third-order valence-electron chi connectivity index (χ3n) is 9.75. The summed E-state index contributed by atoms with van der Waals surface area (Å²) in [6, 6.07) is 21.9. The topological polar surface area (TPSA) is 135 Å². The molecule has 14 heteroatoms. The van der Waals surface area contributed by atoms with Crippen LogP contribution in [0.5, 0.6) is 11.5 Å². The first kappa shape index (κ1) is 37.0. The first-order valence-electron chi connectivity index (χ1n) is 17.0. The van der Waals surface area contributed by atoms with Crippen LogP contribution >= 0.6 is 11.3 Å². The average molecular weight is 747 g/mol. The van der Waals surface area contributed by atoms with E-state index in [1.165, 1.54) is 43.2 Å². The number of nitrogens with zero attached hydrogens (tertiary/aromatic N) is 3. The van der Waals surface area contributed by atoms with Crippen LogP contribution in [-0.2, 0) is 14.8 Å². The number of fused-ring (bicyclic) bond motifs is 1. The van der Waals surface area contributed by atoms with Crippen LogP contribution in [0.4, 0.5) is 5.69 Å². The summed E-state index contributed by atoms with van der Waals surface area (Å²) in [6.07, 6.45) is 0.500. The molecule has 3 heterocycles. The number of rotatable bonds is 14. The van der Waals surface area contributed by atoms with Gasteiger partial charge >= 0.3 is 5.97 Å². The SMILES string of the molecule is COC(=O)c1sccc1S(=O)(=O)NCCCC(c1ccc(OC)c(OC)c1)N1C(=O)c2cccc(N3CCN(C(C)c4ccccc4)CC3)c2C1=O. The summed E-state index contributed by atoms with van der Waals surface area (Å²) >= 11 is 0.976. The number of carbonyl (C=O) groups is 3. The average Bonchev–Trinajstić information content (AvgIpc) is 3.78. The summed E-state index contributed by atoms with van der Waals surface area (Å²) < 4.78 is 44.6. The van der Waals surface area contributed by atoms with Gasteiger partial charge in [-0.3, -0.25) is 19.4 Å². The van der Waals surface area contributed by atoms with Gasteiger partial charge in [-0.1, -0.05) is 42.5 Å². The van der Waals surface area contributed by atoms with Gasteiger partial charge in [0.15, 0.2) is 11.5 Å². The summed E-state index contributed by atoms with van der Waals surface area (Å²) in [5.74, 6) is -0.646. The Balaban J connectivity index is 1.23. The number of sulfonamides is 1. The maximum absolute atomic E-state index is 14.5. The number of imide groups is 1. The van der Waals surface area contributed by atoms with Crippen molar-refractivity contribution in [1.82, 2.24) is 14.5 Å². The smallest absolute Gasteiger partial charge is 0.349 e. The van der Waals surface area contributed by atoms with Crippen LogP contribution in [-0.4, -0.2) is 90.1 Å². The van der Waals surface area contributed by atoms with E-state index in [9.17, 15) is 22.8 Å². The van der Waals surface area contributed by atoms with Gasteiger partial charge in [-0.25, -0.2) is 17.9 Å². The molecule has 2 amide bonds. The van der Waals surface area contributed by atoms with E-state index in [4.69, 9.17) is 14.2 Å². The van der Waals surface area contributed by atoms with Crippen molar-refractivity contribution in [3.05, 3.63) is 105 Å². The number of benzene rings is 3. The number of hydrogen-bond donors (Lipinski definition) is 1. The zero-order valence-electron chi connectivity index (χ0n) is 29.5. The number of hydrogen-bond acceptors (Lipinski definition) is 11. The van der Waals surface area contributed by atoms with Crippen molar-refractivity contribution in [2.24, 2.45) is 0 Å². The molecule has 3 aromatic carbocycles. The van der Waals surface area contributed by atoms with E-state index in [0.717, 1.165) is 30.1 Å². The molecule has 12 nitrogen and oxygen atoms in total. The number of thiophene rings is 1. The molecule has 0 spiro atoms. The van der Waals surface area contributed by atoms with Crippen molar-refractivity contribution in [3.63, 3.8) is 0 Å². The van der Waals surface area contributed by atoms with Gasteiger partial charge in [-0.2, -0.15) is 0 Å². The Morgan fingerprint density at radius 3 is 2.29 bits per heavy atom. The second-order valence-corrected chi connectivity index (χ2v) is 15.2. The van der Waals surface area contributed by atoms with Gasteiger partial charge < -0.3 is 19.1 Å². The molecule has 2 aliphatic heterocycles. The molecule has 274 valence electrons. The van der Waals surface area contributed by atoms with Crippen molar-refractivity contribution in [2.75, 3.05) is 59.0 Å². The maximum atomic E-state index is 14.5. The number of carbonyl (C=O) groups excluding carboxylic acids is 3. The molecule has 52 heavy (non-hydrogen) atoms. The fraction of sp³-hybridized carbons (Fsp3) is 0.342. The van der Waals surface area contributed by atoms with Gasteiger partial charge in [0.25, 0.3) is 11.8 Å². The Morgan fingerprint density at radius 2 is 1.60 bits per heavy atom. The molecule has 4 aromatic rings. The normalized spacial score (nSPS) is 16.1. The molecule has 2 aliphatic rings. The summed E-state index contributed by atoms with van der Waals surface area (Å²) in [5.41, 5.74) is 3.31. The van der Waals surface area contributed by atoms with E-state index in [1.807, 2.05) is 30.3 Å². The summed E-state index contributed by atoms with van der Waals surface area (Å²) in [7, 11) is 0.173. The molecule has 1 aromatic heterocycles. The molecular formula is C38H42N4O8S2. The Bertz CT molecular complexity index is 2040. The van der Waals surface area contributed by atoms with Crippen LogP contribution in [0.2, 0.25) is 0 Å². The molecule has 1 saturated heterocycles. The number of piperazine rings is 1. The minimum atomic E-state index is -4.05. The molecule has 2 atom stereocenters. The van der Waals surface area contributed by atoms with Gasteiger partial charge in [0.2, 0.25) is 10.0 Å². The lowest BCUT2D eigenvalue weighted by Gasteiger charge is -2.39. The van der Waals surface area contributed by atoms with Crippen molar-refractivity contribution in [3.8, 4) is 11.5 Å². The van der Waals surface area contributed by atoms with Crippen molar-refractivity contribution in [1.29, 1.82) is 0 Å². The van der Waals surface area contributed by atoms with Crippen molar-refractivity contribution >= 4 is 44.8 Å². The monoisotopic (exact) mass is 746 g/mol. The third-order valence-corrected chi connectivity index (χ3v) is 12.3. The highest BCUT2D eigenvalue weighted by Gasteiger charge is 2.43. The highest BCUT2D eigenvalue weighted by atomic mass is 32.2. The van der Waals surface area contributed by atoms with Crippen molar-refractivity contribution < 1.29 is 37.0 Å². The quantitative estimate of drug-likeness (QED) is 0.0998. The zero-order valence-corrected chi connectivity index (χ0v) is 31.2. The summed E-state index contributed by atoms with van der Waals surface area (Å²) in [4.78, 5) is 46.5. The molecule has 2 unspecified atom stereocenters. The molecular weight excluding hydrogens is 705 g/mol. The highest BCUT2D eigenvalue weighted by Crippen LogP contribution is 2.41. The molecule has 1 N–H and O–H groups in total. The summed E-state index contributed by atoms with van der Waals surface area (Å²) in [5, 5.41) is 1.51. The molecule has 0 bridgehead atoms. The predicted molar refractivity (Wildman–Crippen MR) is 198 cm³/mol. The lowest BCUT2D eigenvalue weighted by molar-refractivity contribution is 0.0568. The van der Waals surface area contributed by atoms with Crippen molar-refractivity contribution in [2.45, 2.75) is 36.7 Å². The second kappa shape index (κ2) is 15.9. The van der Waals surface area contributed by atoms with Gasteiger partial charge in [0, 0.05) is 38.8 Å². The molecule has 1 fully saturated rings. The number of methoxy groups -OCH3 is 3. The predicted octanol–water partition coefficient (Wildman–Crippen LogP) is 5.53. The Kier molecular flexibility index (Phi) is 11.3. The zero-order chi connectivity index (χ0) is 37.0. The minimum Gasteiger partial charge on any atom is -0.493 e. The van der Waals surface area contributed by atoms with Crippen LogP contribution in [0, 0.1) is 0 Å². The lowest BCUT2D eigenvalue weighted by atomic mass is 9.99. The number of amides is 2. The Morgan fingerprint density at radius 1 is 0.865 bits per heavy atom. The van der Waals surface area contributed by atoms with Gasteiger partial charge in [-0.05, 0) is 66.6 Å². The highest BCUT2D eigenvalue weighted by molar-refractivity contribution is 7.89. The third kappa shape index (κ3) is 7.29. The first-order chi connectivity index (χ1) is 25.1. The standard InChI is InChI=1S/C38H42N4O8S2/c1-25(26-10-6-5-7-11-26)40-19-21-41(22-20-40)30-13-8-12-28-34(30)37(44)42(36(28)43)29(27-15-16-31(48-2)32(24-27)49-3)14-9-18-39-52(46,47)33-17-23-51-35(33)38(45)50-4/h5-8,10-13,15-17,23-25,29,39H,9,14,18-22H2,1-4H3. The summed E-state index contributed by atoms with van der Waals surface area (Å²) in [6.45, 7) is 5.16. The van der Waals surface area contributed by atoms with E-state index in [-0.39, 0.29) is 35.2 Å². The van der Waals surface area contributed by atoms with Gasteiger partial charge in [-0.15, -0.1) is 11.3 Å². The first-order valence-corrected chi connectivity index (χ1v) is 19.4. The van der Waals surface area contributed by atoms with Gasteiger partial charge in [0.1, 0.15) is 9.77 Å². The van der Waals surface area contributed by atoms with E-state index >= 15 is 0 Å². The number of anilines is 1. The van der Waals surface area contributed by atoms with Crippen LogP contribution < -0.4 is 19.1 Å². The maximum Gasteiger partial charge on any atom is 0.349 e. The largest absolute Gasteiger partial charge is 0.493 e. The van der Waals surface area contributed by atoms with Gasteiger partial charge in [0.05, 0.1) is 44.2 Å². The number of nitrogens with one attached hydrogen (secondary N) is 1. The van der Waals surface area contributed by atoms with Crippen LogP contribution in [0.3, 0.4) is 0 Å². The Labute approximate surface area is 307 Å². The molecule has 6 rings (SSSR count).